The lowest BCUT2D eigenvalue weighted by molar-refractivity contribution is 0.443. The summed E-state index contributed by atoms with van der Waals surface area (Å²) in [6, 6.07) is 8.82. The molecule has 2 N–H and O–H groups in total. The minimum Gasteiger partial charge on any atom is -0.325 e. The zero-order valence-electron chi connectivity index (χ0n) is 9.78. The lowest BCUT2D eigenvalue weighted by atomic mass is 9.96. The number of nitrogens with zero attached hydrogens (tertiary/aromatic N) is 1. The van der Waals surface area contributed by atoms with Gasteiger partial charge in [0.15, 0.2) is 0 Å². The number of guanidine groups is 1. The third-order valence-corrected chi connectivity index (χ3v) is 4.16. The molecule has 1 aromatic rings. The first-order valence-corrected chi connectivity index (χ1v) is 7.10. The molecule has 3 nitrogen and oxygen atoms in total. The summed E-state index contributed by atoms with van der Waals surface area (Å²) in [7, 11) is 0. The molecule has 17 heavy (non-hydrogen) atoms. The van der Waals surface area contributed by atoms with E-state index >= 15 is 0 Å². The maximum Gasteiger partial charge on any atom is 0.206 e. The highest BCUT2D eigenvalue weighted by atomic mass is 32.2. The van der Waals surface area contributed by atoms with E-state index in [9.17, 15) is 0 Å². The first kappa shape index (κ1) is 11.0. The van der Waals surface area contributed by atoms with E-state index in [1.54, 1.807) is 11.9 Å². The molecule has 0 saturated heterocycles. The van der Waals surface area contributed by atoms with Crippen LogP contribution in [0.15, 0.2) is 34.2 Å². The molecule has 0 spiro atoms. The SMILES string of the molecule is c1ccc2c(c1)NC(=NC1CCCCC1)NS2. The summed E-state index contributed by atoms with van der Waals surface area (Å²) in [4.78, 5) is 6.00. The summed E-state index contributed by atoms with van der Waals surface area (Å²) in [5.74, 6) is 0.917. The highest BCUT2D eigenvalue weighted by Gasteiger charge is 2.16. The summed E-state index contributed by atoms with van der Waals surface area (Å²) in [6.45, 7) is 0. The molecule has 1 aromatic carbocycles. The molecule has 0 unspecified atom stereocenters. The fourth-order valence-corrected chi connectivity index (χ4v) is 3.05. The fourth-order valence-electron chi connectivity index (χ4n) is 2.37. The smallest absolute Gasteiger partial charge is 0.206 e. The van der Waals surface area contributed by atoms with Crippen LogP contribution >= 0.6 is 11.9 Å². The molecule has 2 aliphatic rings. The van der Waals surface area contributed by atoms with Crippen molar-refractivity contribution in [2.24, 2.45) is 4.99 Å². The van der Waals surface area contributed by atoms with Crippen molar-refractivity contribution in [1.29, 1.82) is 0 Å². The normalized spacial score (nSPS) is 22.7. The van der Waals surface area contributed by atoms with Crippen molar-refractivity contribution in [2.45, 2.75) is 43.0 Å². The number of hydrogen-bond donors (Lipinski definition) is 2. The zero-order chi connectivity index (χ0) is 11.5. The molecule has 90 valence electrons. The molecular weight excluding hydrogens is 230 g/mol. The van der Waals surface area contributed by atoms with E-state index < -0.39 is 0 Å². The second-order valence-electron chi connectivity index (χ2n) is 4.59. The molecule has 1 aliphatic carbocycles. The van der Waals surface area contributed by atoms with E-state index in [-0.39, 0.29) is 0 Å². The maximum atomic E-state index is 4.77. The van der Waals surface area contributed by atoms with Crippen molar-refractivity contribution < 1.29 is 0 Å². The second kappa shape index (κ2) is 5.00. The van der Waals surface area contributed by atoms with Crippen molar-refractivity contribution in [1.82, 2.24) is 4.72 Å². The second-order valence-corrected chi connectivity index (χ2v) is 5.44. The Hall–Kier alpha value is -1.16. The Labute approximate surface area is 106 Å². The monoisotopic (exact) mass is 247 g/mol. The average Bonchev–Trinajstić information content (AvgIpc) is 2.40. The fraction of sp³-hybridized carbons (Fsp3) is 0.462. The number of anilines is 1. The van der Waals surface area contributed by atoms with E-state index in [4.69, 9.17) is 4.99 Å². The van der Waals surface area contributed by atoms with Gasteiger partial charge in [0.05, 0.1) is 16.6 Å². The van der Waals surface area contributed by atoms with E-state index in [1.165, 1.54) is 37.0 Å². The van der Waals surface area contributed by atoms with Crippen molar-refractivity contribution in [3.05, 3.63) is 24.3 Å². The third kappa shape index (κ3) is 2.57. The van der Waals surface area contributed by atoms with Gasteiger partial charge in [-0.25, -0.2) is 4.99 Å². The minimum atomic E-state index is 0.504. The topological polar surface area (TPSA) is 36.4 Å². The van der Waals surface area contributed by atoms with Crippen LogP contribution in [0.2, 0.25) is 0 Å². The van der Waals surface area contributed by atoms with Gasteiger partial charge in [-0.2, -0.15) is 0 Å². The number of para-hydroxylation sites is 1. The number of rotatable bonds is 1. The first-order chi connectivity index (χ1) is 8.42. The van der Waals surface area contributed by atoms with Gasteiger partial charge in [0.2, 0.25) is 5.96 Å². The Bertz CT molecular complexity index is 424. The Kier molecular flexibility index (Phi) is 3.22. The molecule has 1 heterocycles. The summed E-state index contributed by atoms with van der Waals surface area (Å²) in [5.41, 5.74) is 1.16. The standard InChI is InChI=1S/C13H17N3S/c1-2-6-10(7-3-1)14-13-15-11-8-4-5-9-12(11)17-16-13/h4-5,8-10H,1-3,6-7H2,(H2,14,15,16). The van der Waals surface area contributed by atoms with Crippen LogP contribution in [0.1, 0.15) is 32.1 Å². The largest absolute Gasteiger partial charge is 0.325 e. The molecule has 1 aliphatic heterocycles. The quantitative estimate of drug-likeness (QED) is 0.747. The van der Waals surface area contributed by atoms with Gasteiger partial charge >= 0.3 is 0 Å². The molecule has 0 amide bonds. The van der Waals surface area contributed by atoms with Gasteiger partial charge in [0.25, 0.3) is 0 Å². The van der Waals surface area contributed by atoms with Crippen LogP contribution in [0.3, 0.4) is 0 Å². The molecule has 4 heteroatoms. The molecule has 0 atom stereocenters. The first-order valence-electron chi connectivity index (χ1n) is 6.28. The van der Waals surface area contributed by atoms with E-state index in [2.05, 4.69) is 34.3 Å². The van der Waals surface area contributed by atoms with Gasteiger partial charge in [0, 0.05) is 0 Å². The number of fused-ring (bicyclic) bond motifs is 1. The van der Waals surface area contributed by atoms with Gasteiger partial charge in [-0.3, -0.25) is 4.72 Å². The Balaban J connectivity index is 1.72. The Morgan fingerprint density at radius 3 is 2.82 bits per heavy atom. The van der Waals surface area contributed by atoms with Crippen molar-refractivity contribution in [3.8, 4) is 0 Å². The van der Waals surface area contributed by atoms with Crippen LogP contribution in [0, 0.1) is 0 Å². The molecule has 0 aromatic heterocycles. The summed E-state index contributed by atoms with van der Waals surface area (Å²) < 4.78 is 3.28. The average molecular weight is 247 g/mol. The Morgan fingerprint density at radius 2 is 1.94 bits per heavy atom. The van der Waals surface area contributed by atoms with Crippen molar-refractivity contribution in [3.63, 3.8) is 0 Å². The lowest BCUT2D eigenvalue weighted by Gasteiger charge is -2.23. The lowest BCUT2D eigenvalue weighted by Crippen LogP contribution is -2.31. The summed E-state index contributed by atoms with van der Waals surface area (Å²) >= 11 is 1.64. The number of hydrogen-bond acceptors (Lipinski definition) is 2. The van der Waals surface area contributed by atoms with Gasteiger partial charge < -0.3 is 5.32 Å². The van der Waals surface area contributed by atoms with Crippen LogP contribution in [-0.4, -0.2) is 12.0 Å². The highest BCUT2D eigenvalue weighted by molar-refractivity contribution is 7.98. The number of nitrogens with one attached hydrogen (secondary N) is 2. The number of benzene rings is 1. The molecular formula is C13H17N3S. The molecule has 1 saturated carbocycles. The van der Waals surface area contributed by atoms with E-state index in [1.807, 2.05) is 0 Å². The summed E-state index contributed by atoms with van der Waals surface area (Å²) in [5, 5.41) is 3.36. The molecule has 1 fully saturated rings. The van der Waals surface area contributed by atoms with Crippen molar-refractivity contribution >= 4 is 23.6 Å². The number of aliphatic imine (C=N–C) groups is 1. The van der Waals surface area contributed by atoms with Crippen molar-refractivity contribution in [2.75, 3.05) is 5.32 Å². The zero-order valence-corrected chi connectivity index (χ0v) is 10.6. The summed E-state index contributed by atoms with van der Waals surface area (Å²) in [6.07, 6.45) is 6.49. The molecule has 3 rings (SSSR count). The van der Waals surface area contributed by atoms with Gasteiger partial charge in [-0.1, -0.05) is 31.4 Å². The minimum absolute atomic E-state index is 0.504. The van der Waals surface area contributed by atoms with Crippen LogP contribution in [0.5, 0.6) is 0 Å². The van der Waals surface area contributed by atoms with Crippen LogP contribution in [-0.2, 0) is 0 Å². The maximum absolute atomic E-state index is 4.77. The third-order valence-electron chi connectivity index (χ3n) is 3.28. The highest BCUT2D eigenvalue weighted by Crippen LogP contribution is 2.28. The van der Waals surface area contributed by atoms with Crippen LogP contribution in [0.4, 0.5) is 5.69 Å². The van der Waals surface area contributed by atoms with E-state index in [0.29, 0.717) is 6.04 Å². The van der Waals surface area contributed by atoms with Gasteiger partial charge in [-0.05, 0) is 36.9 Å². The predicted molar refractivity (Wildman–Crippen MR) is 73.4 cm³/mol. The van der Waals surface area contributed by atoms with Gasteiger partial charge in [0.1, 0.15) is 0 Å². The van der Waals surface area contributed by atoms with E-state index in [0.717, 1.165) is 11.6 Å². The predicted octanol–water partition coefficient (Wildman–Crippen LogP) is 3.40. The molecule has 0 radical (unpaired) electrons. The van der Waals surface area contributed by atoms with Crippen LogP contribution < -0.4 is 10.0 Å². The molecule has 0 bridgehead atoms. The Morgan fingerprint density at radius 1 is 1.12 bits per heavy atom. The van der Waals surface area contributed by atoms with Crippen LogP contribution in [0.25, 0.3) is 0 Å². The van der Waals surface area contributed by atoms with Gasteiger partial charge in [-0.15, -0.1) is 0 Å².